The van der Waals surface area contributed by atoms with Gasteiger partial charge in [-0.3, -0.25) is 0 Å². The number of hydrogen-bond acceptors (Lipinski definition) is 0. The molecule has 0 bridgehead atoms. The Balaban J connectivity index is -0.0000000267. The summed E-state index contributed by atoms with van der Waals surface area (Å²) in [6.07, 6.45) is 2.86. The smallest absolute Gasteiger partial charge is 0.147 e. The van der Waals surface area contributed by atoms with E-state index in [0.717, 1.165) is 16.5 Å². The van der Waals surface area contributed by atoms with E-state index in [4.69, 9.17) is 0 Å². The molecule has 0 nitrogen and oxygen atoms in total. The average Bonchev–Trinajstić information content (AvgIpc) is 1.41. The zero-order valence-electron chi connectivity index (χ0n) is 5.35. The van der Waals surface area contributed by atoms with Crippen LogP contribution in [0.5, 0.6) is 0 Å². The molecule has 0 aliphatic carbocycles. The van der Waals surface area contributed by atoms with Crippen molar-refractivity contribution >= 4 is 53.7 Å². The summed E-state index contributed by atoms with van der Waals surface area (Å²) >= 11 is 1.11. The normalized spacial score (nSPS) is 5.62. The number of hydrogen-bond donors (Lipinski definition) is 0. The topological polar surface area (TPSA) is 0 Å². The summed E-state index contributed by atoms with van der Waals surface area (Å²) < 4.78 is 0. The van der Waals surface area contributed by atoms with E-state index in [2.05, 4.69) is 6.92 Å². The van der Waals surface area contributed by atoms with E-state index in [-0.39, 0.29) is 37.2 Å². The van der Waals surface area contributed by atoms with Gasteiger partial charge in [-0.05, 0) is 0 Å². The monoisotopic (exact) mass is 242 g/mol. The molecule has 0 aromatic heterocycles. The van der Waals surface area contributed by atoms with E-state index >= 15 is 0 Å². The Kier molecular flexibility index (Phi) is 67.5. The van der Waals surface area contributed by atoms with Crippen LogP contribution in [0.3, 0.4) is 0 Å². The Morgan fingerprint density at radius 3 is 1.50 bits per heavy atom. The first-order valence-corrected chi connectivity index (χ1v) is 5.38. The zero-order chi connectivity index (χ0) is 4.12. The molecule has 0 aliphatic heterocycles. The summed E-state index contributed by atoms with van der Waals surface area (Å²) in [5.41, 5.74) is 0. The van der Waals surface area contributed by atoms with Crippen LogP contribution in [-0.4, -0.2) is 16.5 Å². The van der Waals surface area contributed by atoms with Gasteiger partial charge in [-0.25, -0.2) is 0 Å². The van der Waals surface area contributed by atoms with E-state index in [1.54, 1.807) is 0 Å². The molecule has 0 aromatic rings. The van der Waals surface area contributed by atoms with Gasteiger partial charge in [0.15, 0.2) is 0 Å². The molecule has 0 N–H and O–H groups in total. The molecule has 0 spiro atoms. The summed E-state index contributed by atoms with van der Waals surface area (Å²) in [5, 5.41) is 1.53. The Morgan fingerprint density at radius 2 is 1.50 bits per heavy atom. The van der Waals surface area contributed by atoms with Gasteiger partial charge in [-0.2, -0.15) is 0 Å². The molecule has 0 atom stereocenters. The first kappa shape index (κ1) is 22.7. The van der Waals surface area contributed by atoms with E-state index in [9.17, 15) is 0 Å². The van der Waals surface area contributed by atoms with Crippen LogP contribution in [0.4, 0.5) is 0 Å². The fourth-order valence-electron chi connectivity index (χ4n) is 0.354. The Labute approximate surface area is 78.6 Å². The van der Waals surface area contributed by atoms with Crippen LogP contribution in [0.1, 0.15) is 19.8 Å². The molecule has 0 heterocycles. The molecule has 0 saturated heterocycles. The van der Waals surface area contributed by atoms with Crippen molar-refractivity contribution in [2.45, 2.75) is 25.0 Å². The third-order valence-corrected chi connectivity index (χ3v) is 2.19. The van der Waals surface area contributed by atoms with Crippen molar-refractivity contribution in [2.75, 3.05) is 0 Å². The average molecular weight is 242 g/mol. The van der Waals surface area contributed by atoms with Crippen LogP contribution in [-0.2, 0) is 0 Å². The van der Waals surface area contributed by atoms with Gasteiger partial charge in [0.25, 0.3) is 0 Å². The number of halogens is 3. The van der Waals surface area contributed by atoms with Gasteiger partial charge in [0.2, 0.25) is 0 Å². The van der Waals surface area contributed by atoms with Gasteiger partial charge in [-0.15, -0.1) is 37.2 Å². The first-order chi connectivity index (χ1) is 2.41. The summed E-state index contributed by atoms with van der Waals surface area (Å²) in [7, 11) is 0. The molecule has 0 aliphatic rings. The maximum atomic E-state index is 2.24. The van der Waals surface area contributed by atoms with E-state index < -0.39 is 0 Å². The van der Waals surface area contributed by atoms with Crippen LogP contribution in [0.25, 0.3) is 0 Å². The maximum Gasteiger partial charge on any atom is -0.147 e. The molecule has 0 aromatic carbocycles. The van der Waals surface area contributed by atoms with Crippen molar-refractivity contribution in [1.82, 2.24) is 0 Å². The van der Waals surface area contributed by atoms with Crippen LogP contribution < -0.4 is 0 Å². The van der Waals surface area contributed by atoms with Crippen molar-refractivity contribution in [2.24, 2.45) is 0 Å². The Morgan fingerprint density at radius 1 is 1.12 bits per heavy atom. The summed E-state index contributed by atoms with van der Waals surface area (Å²) in [6.45, 7) is 2.24. The standard InChI is InChI=1S/C4H12Ge.3ClH/c1-2-3-4-5;;;/h2-4H2,1,5H3;3*1H. The van der Waals surface area contributed by atoms with Gasteiger partial charge < -0.3 is 0 Å². The molecule has 0 amide bonds. The largest absolute Gasteiger partial charge is 0.147 e. The SMILES string of the molecule is CCC[CH2][GeH3].Cl.Cl.Cl. The second kappa shape index (κ2) is 23.7. The number of rotatable bonds is 2. The summed E-state index contributed by atoms with van der Waals surface area (Å²) in [5.74, 6) is 0. The second-order valence-electron chi connectivity index (χ2n) is 1.35. The van der Waals surface area contributed by atoms with Crippen molar-refractivity contribution in [3.8, 4) is 0 Å². The van der Waals surface area contributed by atoms with Crippen LogP contribution in [0.15, 0.2) is 0 Å². The molecule has 0 saturated carbocycles. The van der Waals surface area contributed by atoms with Crippen molar-refractivity contribution in [3.63, 3.8) is 0 Å². The molecular formula is C4H15Cl3Ge. The quantitative estimate of drug-likeness (QED) is 0.648. The third-order valence-electron chi connectivity index (χ3n) is 0.707. The van der Waals surface area contributed by atoms with Gasteiger partial charge in [-0.1, -0.05) is 0 Å². The fraction of sp³-hybridized carbons (Fsp3) is 1.00. The minimum Gasteiger partial charge on any atom is -0.147 e. The molecule has 0 unspecified atom stereocenters. The molecule has 8 heavy (non-hydrogen) atoms. The predicted molar refractivity (Wildman–Crippen MR) is 51.4 cm³/mol. The molecule has 56 valence electrons. The minimum absolute atomic E-state index is 0. The van der Waals surface area contributed by atoms with Gasteiger partial charge in [0.1, 0.15) is 0 Å². The van der Waals surface area contributed by atoms with Crippen LogP contribution in [0, 0.1) is 0 Å². The zero-order valence-corrected chi connectivity index (χ0v) is 12.0. The van der Waals surface area contributed by atoms with Crippen molar-refractivity contribution in [1.29, 1.82) is 0 Å². The predicted octanol–water partition coefficient (Wildman–Crippen LogP) is 1.84. The van der Waals surface area contributed by atoms with Crippen molar-refractivity contribution in [3.05, 3.63) is 0 Å². The van der Waals surface area contributed by atoms with Crippen molar-refractivity contribution < 1.29 is 0 Å². The van der Waals surface area contributed by atoms with Gasteiger partial charge in [0.05, 0.1) is 0 Å². The van der Waals surface area contributed by atoms with Gasteiger partial charge in [0, 0.05) is 0 Å². The van der Waals surface area contributed by atoms with Crippen LogP contribution in [0.2, 0.25) is 5.25 Å². The first-order valence-electron chi connectivity index (χ1n) is 2.41. The number of unbranched alkanes of at least 4 members (excludes halogenated alkanes) is 1. The molecule has 0 fully saturated rings. The molecule has 0 radical (unpaired) electrons. The minimum atomic E-state index is 0. The fourth-order valence-corrected chi connectivity index (χ4v) is 1.84. The summed E-state index contributed by atoms with van der Waals surface area (Å²) in [4.78, 5) is 0. The van der Waals surface area contributed by atoms with Crippen LogP contribution >= 0.6 is 37.2 Å². The second-order valence-corrected chi connectivity index (χ2v) is 3.45. The third kappa shape index (κ3) is 26.2. The van der Waals surface area contributed by atoms with E-state index in [1.807, 2.05) is 0 Å². The Hall–Kier alpha value is 1.41. The molecule has 0 rings (SSSR count). The van der Waals surface area contributed by atoms with Gasteiger partial charge >= 0.3 is 41.5 Å². The molecule has 4 heteroatoms. The van der Waals surface area contributed by atoms with E-state index in [1.165, 1.54) is 18.1 Å². The molecular weight excluding hydrogens is 227 g/mol. The maximum absolute atomic E-state index is 2.24. The van der Waals surface area contributed by atoms with E-state index in [0.29, 0.717) is 0 Å². The summed E-state index contributed by atoms with van der Waals surface area (Å²) in [6, 6.07) is 0. The Bertz CT molecular complexity index is 18.8.